The lowest BCUT2D eigenvalue weighted by Crippen LogP contribution is -2.32. The summed E-state index contributed by atoms with van der Waals surface area (Å²) in [5.41, 5.74) is 4.68. The van der Waals surface area contributed by atoms with Gasteiger partial charge in [-0.05, 0) is 63.4 Å². The zero-order chi connectivity index (χ0) is 22.0. The quantitative estimate of drug-likeness (QED) is 0.526. The highest BCUT2D eigenvalue weighted by molar-refractivity contribution is 7.99. The maximum Gasteiger partial charge on any atom is 0.233 e. The first-order valence-electron chi connectivity index (χ1n) is 10.5. The van der Waals surface area contributed by atoms with Gasteiger partial charge in [0.25, 0.3) is 0 Å². The highest BCUT2D eigenvalue weighted by Gasteiger charge is 2.30. The molecule has 1 fully saturated rings. The number of ether oxygens (including phenoxy) is 1. The molecular formula is C24H28N4O2S. The molecule has 1 aromatic heterocycles. The van der Waals surface area contributed by atoms with Crippen molar-refractivity contribution in [3.05, 3.63) is 65.0 Å². The van der Waals surface area contributed by atoms with Gasteiger partial charge >= 0.3 is 0 Å². The van der Waals surface area contributed by atoms with Crippen molar-refractivity contribution in [1.29, 1.82) is 0 Å². The molecule has 6 nitrogen and oxygen atoms in total. The summed E-state index contributed by atoms with van der Waals surface area (Å²) in [4.78, 5) is 15.2. The maximum absolute atomic E-state index is 13.1. The molecule has 4 rings (SSSR count). The summed E-state index contributed by atoms with van der Waals surface area (Å²) in [6, 6.07) is 14.5. The standard InChI is InChI=1S/C24H28N4O2S/c1-16-12-17(2)14-19(13-16)22-6-5-11-27(22)23(29)15-31-24-26-25-18(3)28(24)20-7-9-21(30-4)10-8-20/h7-10,12-14,22H,5-6,11,15H2,1-4H3. The minimum absolute atomic E-state index is 0.147. The number of nitrogens with zero attached hydrogens (tertiary/aromatic N) is 4. The van der Waals surface area contributed by atoms with Crippen molar-refractivity contribution >= 4 is 17.7 Å². The second kappa shape index (κ2) is 9.14. The number of carbonyl (C=O) groups is 1. The van der Waals surface area contributed by atoms with Crippen molar-refractivity contribution in [1.82, 2.24) is 19.7 Å². The Morgan fingerprint density at radius 2 is 1.81 bits per heavy atom. The van der Waals surface area contributed by atoms with E-state index in [1.54, 1.807) is 7.11 Å². The van der Waals surface area contributed by atoms with Crippen molar-refractivity contribution in [3.8, 4) is 11.4 Å². The number of carbonyl (C=O) groups excluding carboxylic acids is 1. The van der Waals surface area contributed by atoms with Gasteiger partial charge in [-0.15, -0.1) is 10.2 Å². The lowest BCUT2D eigenvalue weighted by atomic mass is 9.99. The SMILES string of the molecule is COc1ccc(-n2c(C)nnc2SCC(=O)N2CCCC2c2cc(C)cc(C)c2)cc1. The van der Waals surface area contributed by atoms with Crippen LogP contribution in [0.5, 0.6) is 5.75 Å². The summed E-state index contributed by atoms with van der Waals surface area (Å²) in [5.74, 6) is 2.07. The third kappa shape index (κ3) is 4.61. The first-order chi connectivity index (χ1) is 15.0. The van der Waals surface area contributed by atoms with E-state index in [1.165, 1.54) is 28.5 Å². The molecule has 162 valence electrons. The molecule has 1 aliphatic rings. The minimum atomic E-state index is 0.147. The van der Waals surface area contributed by atoms with Crippen molar-refractivity contribution in [3.63, 3.8) is 0 Å². The van der Waals surface area contributed by atoms with Crippen LogP contribution in [0.1, 0.15) is 41.4 Å². The van der Waals surface area contributed by atoms with Crippen molar-refractivity contribution in [2.75, 3.05) is 19.4 Å². The average molecular weight is 437 g/mol. The number of likely N-dealkylation sites (tertiary alicyclic amines) is 1. The summed E-state index contributed by atoms with van der Waals surface area (Å²) < 4.78 is 7.22. The van der Waals surface area contributed by atoms with Gasteiger partial charge in [0, 0.05) is 12.2 Å². The maximum atomic E-state index is 13.1. The Hall–Kier alpha value is -2.80. The van der Waals surface area contributed by atoms with E-state index >= 15 is 0 Å². The lowest BCUT2D eigenvalue weighted by Gasteiger charge is -2.25. The van der Waals surface area contributed by atoms with Crippen molar-refractivity contribution in [2.24, 2.45) is 0 Å². The summed E-state index contributed by atoms with van der Waals surface area (Å²) >= 11 is 1.44. The molecule has 3 aromatic rings. The van der Waals surface area contributed by atoms with E-state index in [-0.39, 0.29) is 11.9 Å². The van der Waals surface area contributed by atoms with Crippen LogP contribution in [0.4, 0.5) is 0 Å². The highest BCUT2D eigenvalue weighted by Crippen LogP contribution is 2.34. The molecule has 31 heavy (non-hydrogen) atoms. The highest BCUT2D eigenvalue weighted by atomic mass is 32.2. The first kappa shape index (κ1) is 21.4. The Labute approximate surface area is 187 Å². The van der Waals surface area contributed by atoms with Crippen molar-refractivity contribution in [2.45, 2.75) is 44.8 Å². The predicted molar refractivity (Wildman–Crippen MR) is 123 cm³/mol. The van der Waals surface area contributed by atoms with Gasteiger partial charge in [0.1, 0.15) is 11.6 Å². The molecule has 0 bridgehead atoms. The van der Waals surface area contributed by atoms with Crippen LogP contribution in [0.3, 0.4) is 0 Å². The number of rotatable bonds is 6. The molecule has 1 unspecified atom stereocenters. The zero-order valence-electron chi connectivity index (χ0n) is 18.5. The van der Waals surface area contributed by atoms with E-state index in [1.807, 2.05) is 40.7 Å². The van der Waals surface area contributed by atoms with Crippen LogP contribution >= 0.6 is 11.8 Å². The number of methoxy groups -OCH3 is 1. The summed E-state index contributed by atoms with van der Waals surface area (Å²) in [6.45, 7) is 6.95. The number of amides is 1. The van der Waals surface area contributed by atoms with E-state index in [0.717, 1.165) is 41.8 Å². The molecule has 0 N–H and O–H groups in total. The lowest BCUT2D eigenvalue weighted by molar-refractivity contribution is -0.129. The van der Waals surface area contributed by atoms with Gasteiger partial charge < -0.3 is 9.64 Å². The average Bonchev–Trinajstić information content (AvgIpc) is 3.38. The van der Waals surface area contributed by atoms with Gasteiger partial charge in [-0.1, -0.05) is 41.1 Å². The summed E-state index contributed by atoms with van der Waals surface area (Å²) in [7, 11) is 1.65. The fourth-order valence-electron chi connectivity index (χ4n) is 4.29. The van der Waals surface area contributed by atoms with Gasteiger partial charge in [-0.25, -0.2) is 0 Å². The fraction of sp³-hybridized carbons (Fsp3) is 0.375. The Balaban J connectivity index is 1.48. The van der Waals surface area contributed by atoms with E-state index in [4.69, 9.17) is 4.74 Å². The molecule has 1 amide bonds. The molecule has 7 heteroatoms. The second-order valence-electron chi connectivity index (χ2n) is 8.02. The minimum Gasteiger partial charge on any atom is -0.497 e. The zero-order valence-corrected chi connectivity index (χ0v) is 19.3. The Kier molecular flexibility index (Phi) is 6.32. The third-order valence-electron chi connectivity index (χ3n) is 5.65. The van der Waals surface area contributed by atoms with Crippen LogP contribution in [0.25, 0.3) is 5.69 Å². The van der Waals surface area contributed by atoms with Crippen LogP contribution in [0.15, 0.2) is 47.6 Å². The fourth-order valence-corrected chi connectivity index (χ4v) is 5.17. The van der Waals surface area contributed by atoms with Gasteiger partial charge in [0.2, 0.25) is 5.91 Å². The number of aromatic nitrogens is 3. The molecule has 2 aromatic carbocycles. The molecular weight excluding hydrogens is 408 g/mol. The third-order valence-corrected chi connectivity index (χ3v) is 6.57. The molecule has 0 saturated carbocycles. The Bertz CT molecular complexity index is 1060. The molecule has 1 atom stereocenters. The number of hydrogen-bond acceptors (Lipinski definition) is 5. The van der Waals surface area contributed by atoms with E-state index < -0.39 is 0 Å². The van der Waals surface area contributed by atoms with Crippen LogP contribution in [0.2, 0.25) is 0 Å². The number of aryl methyl sites for hydroxylation is 3. The van der Waals surface area contributed by atoms with E-state index in [9.17, 15) is 4.79 Å². The van der Waals surface area contributed by atoms with Crippen LogP contribution in [-0.4, -0.2) is 45.0 Å². The van der Waals surface area contributed by atoms with Gasteiger partial charge in [-0.2, -0.15) is 0 Å². The normalized spacial score (nSPS) is 16.0. The number of benzene rings is 2. The van der Waals surface area contributed by atoms with Crippen molar-refractivity contribution < 1.29 is 9.53 Å². The molecule has 0 radical (unpaired) electrons. The molecule has 2 heterocycles. The smallest absolute Gasteiger partial charge is 0.233 e. The second-order valence-corrected chi connectivity index (χ2v) is 8.96. The number of hydrogen-bond donors (Lipinski definition) is 0. The Morgan fingerprint density at radius 3 is 2.48 bits per heavy atom. The van der Waals surface area contributed by atoms with E-state index in [0.29, 0.717) is 5.75 Å². The Morgan fingerprint density at radius 1 is 1.10 bits per heavy atom. The first-order valence-corrected chi connectivity index (χ1v) is 11.5. The molecule has 0 spiro atoms. The van der Waals surface area contributed by atoms with Gasteiger partial charge in [0.15, 0.2) is 5.16 Å². The monoisotopic (exact) mass is 436 g/mol. The summed E-state index contributed by atoms with van der Waals surface area (Å²) in [6.07, 6.45) is 2.05. The van der Waals surface area contributed by atoms with Crippen LogP contribution < -0.4 is 4.74 Å². The van der Waals surface area contributed by atoms with Crippen LogP contribution in [-0.2, 0) is 4.79 Å². The van der Waals surface area contributed by atoms with E-state index in [2.05, 4.69) is 42.2 Å². The van der Waals surface area contributed by atoms with Gasteiger partial charge in [-0.3, -0.25) is 9.36 Å². The van der Waals surface area contributed by atoms with Crippen LogP contribution in [0, 0.1) is 20.8 Å². The number of thioether (sulfide) groups is 1. The molecule has 0 aliphatic carbocycles. The predicted octanol–water partition coefficient (Wildman–Crippen LogP) is 4.66. The largest absolute Gasteiger partial charge is 0.497 e. The van der Waals surface area contributed by atoms with Gasteiger partial charge in [0.05, 0.1) is 18.9 Å². The topological polar surface area (TPSA) is 60.2 Å². The molecule has 1 saturated heterocycles. The summed E-state index contributed by atoms with van der Waals surface area (Å²) in [5, 5.41) is 9.26. The molecule has 1 aliphatic heterocycles.